The smallest absolute Gasteiger partial charge is 0.432 e. The Balaban J connectivity index is 2.11. The average molecular weight is 561 g/mol. The third-order valence-electron chi connectivity index (χ3n) is 4.98. The Bertz CT molecular complexity index is 1450. The Hall–Kier alpha value is -3.84. The number of hydrogen-bond acceptors (Lipinski definition) is 7. The largest absolute Gasteiger partial charge is 0.461 e. The topological polar surface area (TPSA) is 109 Å². The minimum atomic E-state index is -5.19. The van der Waals surface area contributed by atoms with Crippen LogP contribution in [0.3, 0.4) is 0 Å². The zero-order chi connectivity index (χ0) is 28.2. The third-order valence-corrected chi connectivity index (χ3v) is 5.28. The molecule has 38 heavy (non-hydrogen) atoms. The van der Waals surface area contributed by atoms with E-state index in [1.165, 1.54) is 24.3 Å². The Morgan fingerprint density at radius 2 is 1.74 bits per heavy atom. The average Bonchev–Trinajstić information content (AvgIpc) is 2.83. The van der Waals surface area contributed by atoms with Crippen LogP contribution in [0.5, 0.6) is 17.2 Å². The van der Waals surface area contributed by atoms with E-state index < -0.39 is 52.3 Å². The van der Waals surface area contributed by atoms with Crippen LogP contribution in [0.15, 0.2) is 46.0 Å². The molecule has 0 spiro atoms. The van der Waals surface area contributed by atoms with Crippen LogP contribution in [-0.2, 0) is 27.5 Å². The number of carbonyl (C=O) groups excluding carboxylic acids is 1. The molecule has 204 valence electrons. The highest BCUT2D eigenvalue weighted by Crippen LogP contribution is 2.41. The number of H-pyrrole nitrogens is 1. The first kappa shape index (κ1) is 28.7. The van der Waals surface area contributed by atoms with E-state index in [1.807, 2.05) is 0 Å². The number of carbonyl (C=O) groups is 1. The predicted molar refractivity (Wildman–Crippen MR) is 127 cm³/mol. The number of aromatic amines is 1. The van der Waals surface area contributed by atoms with Gasteiger partial charge < -0.3 is 18.9 Å². The number of benzene rings is 2. The molecule has 1 unspecified atom stereocenters. The number of rotatable bonds is 9. The summed E-state index contributed by atoms with van der Waals surface area (Å²) in [6, 6.07) is 7.27. The minimum Gasteiger partial charge on any atom is -0.461 e. The van der Waals surface area contributed by atoms with Gasteiger partial charge in [-0.05, 0) is 38.1 Å². The van der Waals surface area contributed by atoms with Gasteiger partial charge in [0.25, 0.3) is 11.8 Å². The summed E-state index contributed by atoms with van der Waals surface area (Å²) in [5.74, 6) is -2.58. The van der Waals surface area contributed by atoms with Crippen LogP contribution in [0.1, 0.15) is 19.5 Å². The minimum absolute atomic E-state index is 0.0446. The monoisotopic (exact) mass is 560 g/mol. The molecule has 0 aliphatic rings. The van der Waals surface area contributed by atoms with Crippen LogP contribution < -0.4 is 20.7 Å². The lowest BCUT2D eigenvalue weighted by Gasteiger charge is -2.20. The molecule has 3 aromatic rings. The maximum atomic E-state index is 14.9. The van der Waals surface area contributed by atoms with Crippen molar-refractivity contribution in [1.29, 1.82) is 0 Å². The van der Waals surface area contributed by atoms with Crippen LogP contribution in [-0.4, -0.2) is 35.0 Å². The quantitative estimate of drug-likeness (QED) is 0.230. The molecular formula is C24H21ClF4N2O7. The number of alkyl halides is 3. The highest BCUT2D eigenvalue weighted by molar-refractivity contribution is 6.32. The molecule has 0 saturated heterocycles. The fraction of sp³-hybridized carbons (Fsp3) is 0.292. The lowest BCUT2D eigenvalue weighted by atomic mass is 10.0. The second-order valence-corrected chi connectivity index (χ2v) is 7.92. The maximum Gasteiger partial charge on any atom is 0.432 e. The maximum absolute atomic E-state index is 14.9. The molecule has 2 aromatic carbocycles. The molecule has 3 rings (SSSR count). The highest BCUT2D eigenvalue weighted by Gasteiger charge is 2.39. The van der Waals surface area contributed by atoms with Crippen molar-refractivity contribution < 1.29 is 41.3 Å². The molecule has 0 fully saturated rings. The summed E-state index contributed by atoms with van der Waals surface area (Å²) in [5.41, 5.74) is -6.46. The first-order valence-corrected chi connectivity index (χ1v) is 11.4. The van der Waals surface area contributed by atoms with E-state index in [9.17, 15) is 31.9 Å². The number of aromatic nitrogens is 2. The van der Waals surface area contributed by atoms with Gasteiger partial charge in [-0.1, -0.05) is 23.7 Å². The van der Waals surface area contributed by atoms with Crippen molar-refractivity contribution in [1.82, 2.24) is 9.55 Å². The van der Waals surface area contributed by atoms with E-state index in [-0.39, 0.29) is 40.1 Å². The van der Waals surface area contributed by atoms with E-state index in [4.69, 9.17) is 30.5 Å². The molecule has 1 N–H and O–H groups in total. The van der Waals surface area contributed by atoms with E-state index in [1.54, 1.807) is 18.8 Å². The van der Waals surface area contributed by atoms with Crippen molar-refractivity contribution in [2.24, 2.45) is 7.05 Å². The second-order valence-electron chi connectivity index (χ2n) is 7.51. The molecule has 14 heteroatoms. The van der Waals surface area contributed by atoms with Gasteiger partial charge in [-0.2, -0.15) is 13.2 Å². The van der Waals surface area contributed by atoms with Gasteiger partial charge in [0.1, 0.15) is 17.3 Å². The SMILES string of the molecule is CCOC(=O)C(OCC)Oc1ccccc1Oc1cc(-c2c(C(F)(F)F)n(C)c(=O)[nH]c2=O)c(F)cc1Cl. The first-order valence-electron chi connectivity index (χ1n) is 11.0. The third kappa shape index (κ3) is 6.17. The van der Waals surface area contributed by atoms with Crippen molar-refractivity contribution >= 4 is 17.6 Å². The van der Waals surface area contributed by atoms with E-state index in [0.717, 1.165) is 13.1 Å². The van der Waals surface area contributed by atoms with Crippen LogP contribution in [0.4, 0.5) is 17.6 Å². The van der Waals surface area contributed by atoms with Gasteiger partial charge >= 0.3 is 17.8 Å². The fourth-order valence-electron chi connectivity index (χ4n) is 3.38. The molecule has 1 aromatic heterocycles. The second kappa shape index (κ2) is 11.7. The molecule has 0 amide bonds. The normalized spacial score (nSPS) is 12.2. The molecular weight excluding hydrogens is 540 g/mol. The molecule has 0 aliphatic heterocycles. The zero-order valence-corrected chi connectivity index (χ0v) is 20.9. The summed E-state index contributed by atoms with van der Waals surface area (Å²) in [4.78, 5) is 38.1. The molecule has 1 heterocycles. The van der Waals surface area contributed by atoms with Gasteiger partial charge in [-0.3, -0.25) is 14.3 Å². The first-order chi connectivity index (χ1) is 17.9. The van der Waals surface area contributed by atoms with Crippen molar-refractivity contribution in [3.8, 4) is 28.4 Å². The number of esters is 1. The van der Waals surface area contributed by atoms with Crippen LogP contribution >= 0.6 is 11.6 Å². The van der Waals surface area contributed by atoms with E-state index in [2.05, 4.69) is 0 Å². The highest BCUT2D eigenvalue weighted by atomic mass is 35.5. The fourth-order valence-corrected chi connectivity index (χ4v) is 3.57. The van der Waals surface area contributed by atoms with Crippen molar-refractivity contribution in [2.45, 2.75) is 26.3 Å². The summed E-state index contributed by atoms with van der Waals surface area (Å²) in [7, 11) is 0.780. The predicted octanol–water partition coefficient (Wildman–Crippen LogP) is 4.65. The van der Waals surface area contributed by atoms with Crippen LogP contribution in [0.2, 0.25) is 5.02 Å². The molecule has 0 bridgehead atoms. The van der Waals surface area contributed by atoms with Gasteiger partial charge in [-0.25, -0.2) is 14.0 Å². The number of hydrogen-bond donors (Lipinski definition) is 1. The number of ether oxygens (including phenoxy) is 4. The summed E-state index contributed by atoms with van der Waals surface area (Å²) in [6.07, 6.45) is -6.66. The number of nitrogens with one attached hydrogen (secondary N) is 1. The van der Waals surface area contributed by atoms with Gasteiger partial charge in [0.2, 0.25) is 0 Å². The summed E-state index contributed by atoms with van der Waals surface area (Å²) >= 11 is 6.10. The molecule has 9 nitrogen and oxygen atoms in total. The summed E-state index contributed by atoms with van der Waals surface area (Å²) < 4.78 is 77.9. The lowest BCUT2D eigenvalue weighted by Crippen LogP contribution is -2.35. The van der Waals surface area contributed by atoms with E-state index in [0.29, 0.717) is 6.07 Å². The molecule has 0 saturated carbocycles. The standard InChI is InChI=1S/C24H21ClF4N2O7/c1-4-35-21(33)22(36-5-2)38-16-9-7-6-8-15(16)37-17-10-12(14(26)11-13(17)25)18-19(24(27,28)29)31(3)23(34)30-20(18)32/h6-11,22H,4-5H2,1-3H3,(H,30,32,34). The number of nitrogens with zero attached hydrogens (tertiary/aromatic N) is 1. The van der Waals surface area contributed by atoms with E-state index >= 15 is 0 Å². The van der Waals surface area contributed by atoms with Gasteiger partial charge in [-0.15, -0.1) is 0 Å². The van der Waals surface area contributed by atoms with Gasteiger partial charge in [0.05, 0.1) is 17.2 Å². The zero-order valence-electron chi connectivity index (χ0n) is 20.2. The van der Waals surface area contributed by atoms with Crippen LogP contribution in [0, 0.1) is 5.82 Å². The Kier molecular flexibility index (Phi) is 8.84. The van der Waals surface area contributed by atoms with Crippen molar-refractivity contribution in [2.75, 3.05) is 13.2 Å². The Morgan fingerprint density at radius 1 is 1.08 bits per heavy atom. The summed E-state index contributed by atoms with van der Waals surface area (Å²) in [5, 5.41) is -0.359. The van der Waals surface area contributed by atoms with Crippen molar-refractivity contribution in [3.63, 3.8) is 0 Å². The van der Waals surface area contributed by atoms with Crippen LogP contribution in [0.25, 0.3) is 11.1 Å². The van der Waals surface area contributed by atoms with Gasteiger partial charge in [0.15, 0.2) is 11.5 Å². The van der Waals surface area contributed by atoms with Gasteiger partial charge in [0, 0.05) is 19.2 Å². The van der Waals surface area contributed by atoms with Crippen molar-refractivity contribution in [3.05, 3.63) is 73.8 Å². The molecule has 0 radical (unpaired) electrons. The number of para-hydroxylation sites is 2. The number of halogens is 5. The lowest BCUT2D eigenvalue weighted by molar-refractivity contribution is -0.176. The summed E-state index contributed by atoms with van der Waals surface area (Å²) in [6.45, 7) is 3.36. The Morgan fingerprint density at radius 3 is 2.34 bits per heavy atom. The molecule has 0 aliphatic carbocycles. The molecule has 1 atom stereocenters. The Labute approximate surface area is 217 Å².